The fourth-order valence-electron chi connectivity index (χ4n) is 6.14. The van der Waals surface area contributed by atoms with Gasteiger partial charge < -0.3 is 5.32 Å². The van der Waals surface area contributed by atoms with E-state index in [1.165, 1.54) is 50.5 Å². The van der Waals surface area contributed by atoms with Gasteiger partial charge in [-0.15, -0.1) is 0 Å². The van der Waals surface area contributed by atoms with Crippen molar-refractivity contribution >= 4 is 5.84 Å². The summed E-state index contributed by atoms with van der Waals surface area (Å²) in [6.07, 6.45) is 16.4. The lowest BCUT2D eigenvalue weighted by atomic mass is 9.80. The van der Waals surface area contributed by atoms with E-state index >= 15 is 0 Å². The third kappa shape index (κ3) is 61.0. The van der Waals surface area contributed by atoms with Gasteiger partial charge in [0.15, 0.2) is 0 Å². The quantitative estimate of drug-likeness (QED) is 0.150. The van der Waals surface area contributed by atoms with Crippen LogP contribution in [0.3, 0.4) is 0 Å². The molecule has 314 valence electrons. The highest BCUT2D eigenvalue weighted by molar-refractivity contribution is 5.80. The monoisotopic (exact) mass is 733 g/mol. The molecule has 2 heteroatoms. The maximum atomic E-state index is 4.50. The Kier molecular flexibility index (Phi) is 26.4. The number of hydrogen-bond donors (Lipinski definition) is 1. The van der Waals surface area contributed by atoms with Gasteiger partial charge in [0.1, 0.15) is 0 Å². The summed E-state index contributed by atoms with van der Waals surface area (Å²) in [6, 6.07) is 0. The number of nitrogens with zero attached hydrogens (tertiary/aromatic N) is 1. The van der Waals surface area contributed by atoms with Gasteiger partial charge >= 0.3 is 0 Å². The molecule has 0 saturated carbocycles. The molecule has 0 radical (unpaired) electrons. The van der Waals surface area contributed by atoms with Crippen LogP contribution in [-0.2, 0) is 0 Å². The van der Waals surface area contributed by atoms with Crippen LogP contribution in [-0.4, -0.2) is 16.9 Å². The zero-order chi connectivity index (χ0) is 42.8. The summed E-state index contributed by atoms with van der Waals surface area (Å²) in [6.45, 7) is 63.0. The number of amidine groups is 1. The van der Waals surface area contributed by atoms with Gasteiger partial charge in [0.05, 0.1) is 11.4 Å². The third-order valence-electron chi connectivity index (χ3n) is 7.50. The van der Waals surface area contributed by atoms with E-state index in [9.17, 15) is 0 Å². The summed E-state index contributed by atoms with van der Waals surface area (Å²) in [5.41, 5.74) is 4.06. The van der Waals surface area contributed by atoms with Crippen molar-refractivity contribution in [2.45, 2.75) is 250 Å². The van der Waals surface area contributed by atoms with Crippen LogP contribution in [0.25, 0.3) is 0 Å². The Hall–Kier alpha value is -1.05. The van der Waals surface area contributed by atoms with Gasteiger partial charge in [0.2, 0.25) is 0 Å². The van der Waals surface area contributed by atoms with Gasteiger partial charge in [0.25, 0.3) is 0 Å². The highest BCUT2D eigenvalue weighted by Gasteiger charge is 2.19. The lowest BCUT2D eigenvalue weighted by Crippen LogP contribution is -2.40. The molecule has 0 bridgehead atoms. The zero-order valence-electron chi connectivity index (χ0n) is 41.8. The Labute approximate surface area is 333 Å². The van der Waals surface area contributed by atoms with Crippen molar-refractivity contribution in [2.75, 3.05) is 0 Å². The van der Waals surface area contributed by atoms with E-state index in [0.717, 1.165) is 17.7 Å². The van der Waals surface area contributed by atoms with E-state index < -0.39 is 0 Å². The minimum atomic E-state index is 0.0162. The Bertz CT molecular complexity index is 978. The predicted molar refractivity (Wildman–Crippen MR) is 246 cm³/mol. The number of allylic oxidation sites excluding steroid dienone is 4. The van der Waals surface area contributed by atoms with Crippen LogP contribution in [0, 0.1) is 44.3 Å². The van der Waals surface area contributed by atoms with Crippen LogP contribution >= 0.6 is 0 Å². The van der Waals surface area contributed by atoms with E-state index in [4.69, 9.17) is 0 Å². The minimum Gasteiger partial charge on any atom is -0.369 e. The van der Waals surface area contributed by atoms with Gasteiger partial charge in [0, 0.05) is 5.54 Å². The van der Waals surface area contributed by atoms with Crippen molar-refractivity contribution in [3.63, 3.8) is 0 Å². The molecular weight excluding hydrogens is 629 g/mol. The Morgan fingerprint density at radius 1 is 0.519 bits per heavy atom. The van der Waals surface area contributed by atoms with E-state index in [1.54, 1.807) is 0 Å². The lowest BCUT2D eigenvalue weighted by molar-refractivity contribution is 0.260. The van der Waals surface area contributed by atoms with Crippen LogP contribution in [0.1, 0.15) is 239 Å². The van der Waals surface area contributed by atoms with Crippen molar-refractivity contribution in [3.05, 3.63) is 23.8 Å². The Morgan fingerprint density at radius 2 is 0.904 bits per heavy atom. The second-order valence-corrected chi connectivity index (χ2v) is 25.5. The smallest absolute Gasteiger partial charge is 0.0942 e. The van der Waals surface area contributed by atoms with Gasteiger partial charge in [-0.05, 0) is 125 Å². The summed E-state index contributed by atoms with van der Waals surface area (Å²) in [5.74, 6) is 2.77. The molecule has 0 aliphatic heterocycles. The molecule has 0 saturated heterocycles. The van der Waals surface area contributed by atoms with E-state index in [0.29, 0.717) is 21.7 Å². The number of hydrogen-bond acceptors (Lipinski definition) is 1. The summed E-state index contributed by atoms with van der Waals surface area (Å²) in [7, 11) is 0. The molecule has 2 atom stereocenters. The second-order valence-electron chi connectivity index (χ2n) is 25.5. The lowest BCUT2D eigenvalue weighted by Gasteiger charge is -2.26. The van der Waals surface area contributed by atoms with Crippen molar-refractivity contribution in [1.82, 2.24) is 5.32 Å². The molecule has 0 aromatic rings. The summed E-state index contributed by atoms with van der Waals surface area (Å²) in [5, 5.41) is 3.33. The number of rotatable bonds is 8. The second kappa shape index (κ2) is 23.8. The topological polar surface area (TPSA) is 24.4 Å². The molecule has 0 aromatic carbocycles. The van der Waals surface area contributed by atoms with E-state index in [-0.39, 0.29) is 21.9 Å². The molecule has 0 rings (SSSR count). The first-order valence-electron chi connectivity index (χ1n) is 21.1. The maximum Gasteiger partial charge on any atom is 0.0942 e. The fourth-order valence-corrected chi connectivity index (χ4v) is 6.14. The van der Waals surface area contributed by atoms with Crippen LogP contribution in [0.5, 0.6) is 0 Å². The molecule has 0 aliphatic carbocycles. The summed E-state index contributed by atoms with van der Waals surface area (Å²) in [4.78, 5) is 4.50. The molecule has 2 nitrogen and oxygen atoms in total. The zero-order valence-corrected chi connectivity index (χ0v) is 41.8. The van der Waals surface area contributed by atoms with Gasteiger partial charge in [-0.3, -0.25) is 4.99 Å². The summed E-state index contributed by atoms with van der Waals surface area (Å²) < 4.78 is 0. The average molecular weight is 733 g/mol. The predicted octanol–water partition coefficient (Wildman–Crippen LogP) is 17.3. The maximum absolute atomic E-state index is 4.50. The molecule has 1 N–H and O–H groups in total. The molecule has 0 aliphatic rings. The van der Waals surface area contributed by atoms with Gasteiger partial charge in [-0.25, -0.2) is 0 Å². The molecule has 0 amide bonds. The van der Waals surface area contributed by atoms with Crippen LogP contribution in [0.2, 0.25) is 0 Å². The Morgan fingerprint density at radius 3 is 1.19 bits per heavy atom. The fraction of sp³-hybridized carbons (Fsp3) is 0.900. The first-order valence-corrected chi connectivity index (χ1v) is 21.1. The van der Waals surface area contributed by atoms with Crippen molar-refractivity contribution in [1.29, 1.82) is 0 Å². The Balaban J connectivity index is -0.000000296. The summed E-state index contributed by atoms with van der Waals surface area (Å²) >= 11 is 0. The van der Waals surface area contributed by atoms with E-state index in [2.05, 4.69) is 215 Å². The largest absolute Gasteiger partial charge is 0.369 e. The van der Waals surface area contributed by atoms with E-state index in [1.807, 2.05) is 6.92 Å². The molecule has 0 aromatic heterocycles. The SMILES string of the molecule is CC(/C=C\C(C)(C)C)=C/C(C)(C)C.CC(=NC(C)(C)C)NC(C)(C)C.CC(CCC(C)(C)C)CC(C)(C)C.CC(CCCC(C)(C)C)CC(C)(C)C. The molecule has 0 fully saturated rings. The normalized spacial score (nSPS) is 15.5. The third-order valence-corrected chi connectivity index (χ3v) is 7.50. The average Bonchev–Trinajstić information content (AvgIpc) is 2.75. The highest BCUT2D eigenvalue weighted by atomic mass is 15.1. The van der Waals surface area contributed by atoms with Crippen LogP contribution < -0.4 is 5.32 Å². The van der Waals surface area contributed by atoms with Gasteiger partial charge in [-0.1, -0.05) is 182 Å². The van der Waals surface area contributed by atoms with Crippen molar-refractivity contribution in [3.8, 4) is 0 Å². The van der Waals surface area contributed by atoms with Crippen molar-refractivity contribution < 1.29 is 0 Å². The number of nitrogens with one attached hydrogen (secondary N) is 1. The minimum absolute atomic E-state index is 0.0162. The molecule has 2 unspecified atom stereocenters. The molecular formula is C50H104N2. The van der Waals surface area contributed by atoms with Crippen LogP contribution in [0.15, 0.2) is 28.8 Å². The first kappa shape index (κ1) is 57.7. The standard InChI is InChI=1S/C14H30.C13H28.C13H24.C10H22N2/c1-12(11-14(5,6)7)9-8-10-13(2,3)4;2*1-11(10-13(5,6)7)8-9-12(2,3)4;1-8(11-9(2,3)4)12-10(5,6)7/h12H,8-11H2,1-7H3;11H,8-10H2,1-7H3;8-10H,1-7H3;1-7H3,(H,11,12)/b;;9-8-,11-10-;. The number of aliphatic imine (C=N–C) groups is 1. The van der Waals surface area contributed by atoms with Crippen molar-refractivity contribution in [2.24, 2.45) is 49.3 Å². The molecule has 0 heterocycles. The first-order chi connectivity index (χ1) is 22.4. The highest BCUT2D eigenvalue weighted by Crippen LogP contribution is 2.31. The molecule has 52 heavy (non-hydrogen) atoms. The van der Waals surface area contributed by atoms with Gasteiger partial charge in [-0.2, -0.15) is 0 Å². The molecule has 0 spiro atoms. The van der Waals surface area contributed by atoms with Crippen LogP contribution in [0.4, 0.5) is 0 Å².